The first-order chi connectivity index (χ1) is 12.7. The van der Waals surface area contributed by atoms with Gasteiger partial charge in [-0.05, 0) is 44.7 Å². The zero-order valence-corrected chi connectivity index (χ0v) is 15.6. The smallest absolute Gasteiger partial charge is 0.137 e. The van der Waals surface area contributed by atoms with E-state index in [9.17, 15) is 0 Å². The molecular formula is C21H25N5. The highest BCUT2D eigenvalue weighted by molar-refractivity contribution is 5.94. The molecule has 5 rings (SSSR count). The first-order valence-electron chi connectivity index (χ1n) is 9.75. The predicted molar refractivity (Wildman–Crippen MR) is 104 cm³/mol. The fraction of sp³-hybridized carbons (Fsp3) is 0.476. The summed E-state index contributed by atoms with van der Waals surface area (Å²) < 4.78 is 2.37. The van der Waals surface area contributed by atoms with Gasteiger partial charge in [-0.2, -0.15) is 0 Å². The van der Waals surface area contributed by atoms with E-state index in [2.05, 4.69) is 57.8 Å². The van der Waals surface area contributed by atoms with Crippen molar-refractivity contribution in [3.8, 4) is 0 Å². The number of aryl methyl sites for hydroxylation is 2. The summed E-state index contributed by atoms with van der Waals surface area (Å²) in [4.78, 5) is 7.36. The van der Waals surface area contributed by atoms with Gasteiger partial charge in [0, 0.05) is 43.1 Å². The van der Waals surface area contributed by atoms with Gasteiger partial charge in [0.1, 0.15) is 11.6 Å². The van der Waals surface area contributed by atoms with Crippen molar-refractivity contribution in [3.05, 3.63) is 47.2 Å². The standard InChI is InChI=1S/C21H25N5/c1-14-15(2)22-18-9-4-3-8-17(18)20(14)25-11-5-7-16(13-25)21-24-23-19-10-6-12-26(19)21/h3-4,8-9,16H,5-7,10-13H2,1-2H3. The van der Waals surface area contributed by atoms with Crippen molar-refractivity contribution in [2.45, 2.75) is 52.0 Å². The predicted octanol–water partition coefficient (Wildman–Crippen LogP) is 3.77. The maximum Gasteiger partial charge on any atom is 0.137 e. The van der Waals surface area contributed by atoms with Crippen molar-refractivity contribution in [3.63, 3.8) is 0 Å². The second-order valence-corrected chi connectivity index (χ2v) is 7.70. The molecule has 2 aliphatic rings. The Morgan fingerprint density at radius 1 is 1.04 bits per heavy atom. The van der Waals surface area contributed by atoms with Crippen LogP contribution in [0, 0.1) is 13.8 Å². The molecule has 0 aliphatic carbocycles. The molecule has 0 amide bonds. The molecule has 1 aromatic carbocycles. The number of rotatable bonds is 2. The lowest BCUT2D eigenvalue weighted by Crippen LogP contribution is -2.36. The van der Waals surface area contributed by atoms with Gasteiger partial charge in [-0.1, -0.05) is 18.2 Å². The Labute approximate surface area is 154 Å². The number of aromatic nitrogens is 4. The Morgan fingerprint density at radius 2 is 1.92 bits per heavy atom. The van der Waals surface area contributed by atoms with Crippen molar-refractivity contribution in [2.75, 3.05) is 18.0 Å². The fourth-order valence-electron chi connectivity index (χ4n) is 4.68. The second-order valence-electron chi connectivity index (χ2n) is 7.70. The first kappa shape index (κ1) is 15.8. The molecule has 0 radical (unpaired) electrons. The monoisotopic (exact) mass is 347 g/mol. The van der Waals surface area contributed by atoms with E-state index in [1.54, 1.807) is 0 Å². The Hall–Kier alpha value is -2.43. The Kier molecular flexibility index (Phi) is 3.69. The van der Waals surface area contributed by atoms with E-state index in [0.29, 0.717) is 5.92 Å². The molecule has 4 heterocycles. The van der Waals surface area contributed by atoms with Gasteiger partial charge in [-0.3, -0.25) is 4.98 Å². The third kappa shape index (κ3) is 2.41. The molecule has 1 atom stereocenters. The van der Waals surface area contributed by atoms with Crippen LogP contribution in [0.1, 0.15) is 48.1 Å². The molecule has 5 heteroatoms. The van der Waals surface area contributed by atoms with Crippen LogP contribution in [-0.4, -0.2) is 32.8 Å². The number of piperidine rings is 1. The number of benzene rings is 1. The molecule has 1 fully saturated rings. The third-order valence-electron chi connectivity index (χ3n) is 6.09. The second kappa shape index (κ2) is 6.08. The molecule has 0 spiro atoms. The Bertz CT molecular complexity index is 974. The van der Waals surface area contributed by atoms with Gasteiger partial charge >= 0.3 is 0 Å². The van der Waals surface area contributed by atoms with Crippen molar-refractivity contribution < 1.29 is 0 Å². The highest BCUT2D eigenvalue weighted by Gasteiger charge is 2.29. The highest BCUT2D eigenvalue weighted by atomic mass is 15.3. The van der Waals surface area contributed by atoms with Crippen LogP contribution in [-0.2, 0) is 13.0 Å². The van der Waals surface area contributed by atoms with Crippen molar-refractivity contribution in [2.24, 2.45) is 0 Å². The zero-order chi connectivity index (χ0) is 17.7. The normalized spacial score (nSPS) is 19.9. The molecule has 2 aromatic heterocycles. The summed E-state index contributed by atoms with van der Waals surface area (Å²) in [5.74, 6) is 2.85. The molecule has 134 valence electrons. The minimum Gasteiger partial charge on any atom is -0.370 e. The van der Waals surface area contributed by atoms with Crippen molar-refractivity contribution in [1.29, 1.82) is 0 Å². The van der Waals surface area contributed by atoms with E-state index in [1.165, 1.54) is 47.5 Å². The molecule has 3 aromatic rings. The molecule has 0 saturated carbocycles. The molecule has 5 nitrogen and oxygen atoms in total. The van der Waals surface area contributed by atoms with Gasteiger partial charge < -0.3 is 9.47 Å². The first-order valence-corrected chi connectivity index (χ1v) is 9.75. The lowest BCUT2D eigenvalue weighted by atomic mass is 9.95. The number of hydrogen-bond donors (Lipinski definition) is 0. The summed E-state index contributed by atoms with van der Waals surface area (Å²) in [5.41, 5.74) is 4.88. The van der Waals surface area contributed by atoms with Crippen LogP contribution in [0.15, 0.2) is 24.3 Å². The number of pyridine rings is 1. The van der Waals surface area contributed by atoms with E-state index in [-0.39, 0.29) is 0 Å². The third-order valence-corrected chi connectivity index (χ3v) is 6.09. The number of para-hydroxylation sites is 1. The van der Waals surface area contributed by atoms with Gasteiger partial charge in [0.05, 0.1) is 11.2 Å². The minimum absolute atomic E-state index is 0.467. The van der Waals surface area contributed by atoms with E-state index in [1.807, 2.05) is 0 Å². The molecule has 0 N–H and O–H groups in total. The van der Waals surface area contributed by atoms with Crippen molar-refractivity contribution >= 4 is 16.6 Å². The van der Waals surface area contributed by atoms with E-state index in [4.69, 9.17) is 4.98 Å². The minimum atomic E-state index is 0.467. The quantitative estimate of drug-likeness (QED) is 0.708. The average molecular weight is 347 g/mol. The van der Waals surface area contributed by atoms with Crippen LogP contribution >= 0.6 is 0 Å². The Balaban J connectivity index is 1.55. The van der Waals surface area contributed by atoms with Crippen LogP contribution in [0.2, 0.25) is 0 Å². The number of fused-ring (bicyclic) bond motifs is 2. The zero-order valence-electron chi connectivity index (χ0n) is 15.6. The number of anilines is 1. The maximum atomic E-state index is 4.79. The number of hydrogen-bond acceptors (Lipinski definition) is 4. The van der Waals surface area contributed by atoms with Gasteiger partial charge in [-0.25, -0.2) is 0 Å². The molecule has 26 heavy (non-hydrogen) atoms. The van der Waals surface area contributed by atoms with Crippen LogP contribution in [0.5, 0.6) is 0 Å². The summed E-state index contributed by atoms with van der Waals surface area (Å²) in [5, 5.41) is 10.3. The largest absolute Gasteiger partial charge is 0.370 e. The number of nitrogens with zero attached hydrogens (tertiary/aromatic N) is 5. The van der Waals surface area contributed by atoms with Crippen LogP contribution in [0.25, 0.3) is 10.9 Å². The summed E-state index contributed by atoms with van der Waals surface area (Å²) in [7, 11) is 0. The summed E-state index contributed by atoms with van der Waals surface area (Å²) in [6.45, 7) is 7.54. The average Bonchev–Trinajstić information content (AvgIpc) is 3.26. The lowest BCUT2D eigenvalue weighted by Gasteiger charge is -2.36. The van der Waals surface area contributed by atoms with Crippen LogP contribution < -0.4 is 4.90 Å². The van der Waals surface area contributed by atoms with Crippen LogP contribution in [0.3, 0.4) is 0 Å². The van der Waals surface area contributed by atoms with E-state index >= 15 is 0 Å². The molecule has 1 saturated heterocycles. The fourth-order valence-corrected chi connectivity index (χ4v) is 4.68. The van der Waals surface area contributed by atoms with Gasteiger partial charge in [0.25, 0.3) is 0 Å². The van der Waals surface area contributed by atoms with Gasteiger partial charge in [-0.15, -0.1) is 10.2 Å². The van der Waals surface area contributed by atoms with Gasteiger partial charge in [0.15, 0.2) is 0 Å². The van der Waals surface area contributed by atoms with Crippen LogP contribution in [0.4, 0.5) is 5.69 Å². The molecule has 1 unspecified atom stereocenters. The Morgan fingerprint density at radius 3 is 2.85 bits per heavy atom. The maximum absolute atomic E-state index is 4.79. The van der Waals surface area contributed by atoms with Gasteiger partial charge in [0.2, 0.25) is 0 Å². The molecule has 0 bridgehead atoms. The highest BCUT2D eigenvalue weighted by Crippen LogP contribution is 2.36. The lowest BCUT2D eigenvalue weighted by molar-refractivity contribution is 0.473. The SMILES string of the molecule is Cc1nc2ccccc2c(N2CCCC(c3nnc4n3CCC4)C2)c1C. The van der Waals surface area contributed by atoms with Crippen molar-refractivity contribution in [1.82, 2.24) is 19.7 Å². The summed E-state index contributed by atoms with van der Waals surface area (Å²) in [6, 6.07) is 8.53. The summed E-state index contributed by atoms with van der Waals surface area (Å²) in [6.07, 6.45) is 4.69. The topological polar surface area (TPSA) is 46.8 Å². The van der Waals surface area contributed by atoms with E-state index < -0.39 is 0 Å². The molecular weight excluding hydrogens is 322 g/mol. The molecule has 2 aliphatic heterocycles. The summed E-state index contributed by atoms with van der Waals surface area (Å²) >= 11 is 0. The van der Waals surface area contributed by atoms with E-state index in [0.717, 1.165) is 37.3 Å².